The zero-order chi connectivity index (χ0) is 22.1. The van der Waals surface area contributed by atoms with Gasteiger partial charge < -0.3 is 26.5 Å². The van der Waals surface area contributed by atoms with Crippen molar-refractivity contribution in [3.63, 3.8) is 0 Å². The van der Waals surface area contributed by atoms with Crippen molar-refractivity contribution in [1.82, 2.24) is 20.3 Å². The van der Waals surface area contributed by atoms with E-state index in [9.17, 15) is 10.1 Å². The van der Waals surface area contributed by atoms with Gasteiger partial charge in [0.05, 0.1) is 12.6 Å². The molecule has 0 spiro atoms. The summed E-state index contributed by atoms with van der Waals surface area (Å²) in [6.45, 7) is 7.27. The molecule has 0 saturated heterocycles. The number of nitrogens with two attached hydrogens (primary N) is 2. The summed E-state index contributed by atoms with van der Waals surface area (Å²) in [7, 11) is 0. The first kappa shape index (κ1) is 23.4. The average molecular weight is 416 g/mol. The number of anilines is 1. The molecule has 2 aromatic rings. The molecule has 0 aliphatic carbocycles. The van der Waals surface area contributed by atoms with Crippen LogP contribution in [-0.4, -0.2) is 40.1 Å². The maximum atomic E-state index is 11.4. The van der Waals surface area contributed by atoms with E-state index in [1.165, 1.54) is 0 Å². The van der Waals surface area contributed by atoms with Gasteiger partial charge >= 0.3 is 6.01 Å². The predicted molar refractivity (Wildman–Crippen MR) is 117 cm³/mol. The van der Waals surface area contributed by atoms with Crippen LogP contribution in [0.3, 0.4) is 0 Å². The second-order valence-corrected chi connectivity index (χ2v) is 7.80. The van der Waals surface area contributed by atoms with E-state index in [0.717, 1.165) is 44.2 Å². The molecule has 1 unspecified atom stereocenters. The van der Waals surface area contributed by atoms with Crippen LogP contribution in [0.15, 0.2) is 0 Å². The maximum absolute atomic E-state index is 11.4. The van der Waals surface area contributed by atoms with Gasteiger partial charge in [0.15, 0.2) is 5.82 Å². The van der Waals surface area contributed by atoms with E-state index in [1.54, 1.807) is 0 Å². The van der Waals surface area contributed by atoms with Crippen molar-refractivity contribution in [2.24, 2.45) is 11.7 Å². The number of nitrogens with one attached hydrogen (secondary N) is 2. The molecule has 1 amide bonds. The van der Waals surface area contributed by atoms with E-state index < -0.39 is 0 Å². The summed E-state index contributed by atoms with van der Waals surface area (Å²) in [4.78, 5) is 23.2. The monoisotopic (exact) mass is 415 g/mol. The number of hydrogen-bond donors (Lipinski definition) is 4. The molecule has 2 rings (SSSR count). The summed E-state index contributed by atoms with van der Waals surface area (Å²) < 4.78 is 5.61. The molecule has 30 heavy (non-hydrogen) atoms. The van der Waals surface area contributed by atoms with Crippen LogP contribution in [0.1, 0.15) is 64.1 Å². The van der Waals surface area contributed by atoms with Gasteiger partial charge in [-0.05, 0) is 38.1 Å². The summed E-state index contributed by atoms with van der Waals surface area (Å²) in [6, 6.07) is 2.13. The van der Waals surface area contributed by atoms with E-state index in [1.807, 2.05) is 13.8 Å². The van der Waals surface area contributed by atoms with Gasteiger partial charge in [0.25, 0.3) is 0 Å². The zero-order valence-corrected chi connectivity index (χ0v) is 18.1. The zero-order valence-electron chi connectivity index (χ0n) is 18.1. The van der Waals surface area contributed by atoms with Crippen LogP contribution in [0.25, 0.3) is 11.0 Å². The van der Waals surface area contributed by atoms with Crippen LogP contribution in [0.2, 0.25) is 0 Å². The number of nitrogen functional groups attached to an aromatic ring is 1. The Morgan fingerprint density at radius 2 is 2.03 bits per heavy atom. The van der Waals surface area contributed by atoms with Crippen molar-refractivity contribution in [2.45, 2.75) is 65.3 Å². The van der Waals surface area contributed by atoms with Crippen LogP contribution >= 0.6 is 0 Å². The first-order valence-corrected chi connectivity index (χ1v) is 10.6. The number of ether oxygens (including phenoxy) is 1. The minimum atomic E-state index is -0.323. The molecule has 0 aliphatic rings. The lowest BCUT2D eigenvalue weighted by molar-refractivity contribution is -0.121. The summed E-state index contributed by atoms with van der Waals surface area (Å²) in [5.74, 6) is 0.118. The maximum Gasteiger partial charge on any atom is 0.319 e. The Morgan fingerprint density at radius 1 is 1.27 bits per heavy atom. The summed E-state index contributed by atoms with van der Waals surface area (Å²) in [5.41, 5.74) is 14.0. The number of H-pyrrole nitrogens is 1. The summed E-state index contributed by atoms with van der Waals surface area (Å²) in [6.07, 6.45) is 5.33. The number of aromatic nitrogens is 3. The third-order valence-corrected chi connectivity index (χ3v) is 5.04. The minimum absolute atomic E-state index is 0.158. The third kappa shape index (κ3) is 6.07. The fourth-order valence-corrected chi connectivity index (χ4v) is 3.35. The van der Waals surface area contributed by atoms with Crippen molar-refractivity contribution >= 4 is 22.8 Å². The number of aryl methyl sites for hydroxylation is 1. The standard InChI is InChI=1S/C21H33N7O2/c1-4-5-11-30-21-27-17-14(15(12-22)26-18(17)19(23)28-21)9-7-6-8-10-25-16(13(2)3)20(24)29/h13,16,25-26H,4-11H2,1-3H3,(H2,24,29)(H2,23,27,28). The minimum Gasteiger partial charge on any atom is -0.463 e. The Morgan fingerprint density at radius 3 is 2.67 bits per heavy atom. The number of carbonyl (C=O) groups excluding carboxylic acids is 1. The lowest BCUT2D eigenvalue weighted by Gasteiger charge is -2.18. The molecule has 164 valence electrons. The molecule has 2 heterocycles. The molecule has 2 aromatic heterocycles. The number of rotatable bonds is 13. The molecule has 9 nitrogen and oxygen atoms in total. The Bertz CT molecular complexity index is 886. The molecule has 6 N–H and O–H groups in total. The molecule has 0 saturated carbocycles. The number of carbonyl (C=O) groups is 1. The average Bonchev–Trinajstić information content (AvgIpc) is 3.05. The van der Waals surface area contributed by atoms with E-state index in [4.69, 9.17) is 16.2 Å². The van der Waals surface area contributed by atoms with E-state index in [2.05, 4.69) is 33.3 Å². The van der Waals surface area contributed by atoms with Gasteiger partial charge in [0.2, 0.25) is 5.91 Å². The molecule has 0 fully saturated rings. The van der Waals surface area contributed by atoms with Crippen molar-refractivity contribution in [3.8, 4) is 12.1 Å². The SMILES string of the molecule is CCCCOc1nc(N)c2[nH]c(C#N)c(CCCCCNC(C(N)=O)C(C)C)c2n1. The number of unbranched alkanes of at least 4 members (excludes halogenated alkanes) is 3. The number of fused-ring (bicyclic) bond motifs is 1. The second-order valence-electron chi connectivity index (χ2n) is 7.80. The Kier molecular flexibility index (Phi) is 8.87. The Labute approximate surface area is 177 Å². The normalized spacial score (nSPS) is 12.2. The molecular weight excluding hydrogens is 382 g/mol. The van der Waals surface area contributed by atoms with Crippen LogP contribution < -0.4 is 21.5 Å². The number of aromatic amines is 1. The lowest BCUT2D eigenvalue weighted by atomic mass is 10.0. The van der Waals surface area contributed by atoms with Crippen molar-refractivity contribution in [3.05, 3.63) is 11.3 Å². The van der Waals surface area contributed by atoms with E-state index in [0.29, 0.717) is 29.8 Å². The fraction of sp³-hybridized carbons (Fsp3) is 0.619. The highest BCUT2D eigenvalue weighted by Crippen LogP contribution is 2.27. The van der Waals surface area contributed by atoms with Crippen LogP contribution in [0.5, 0.6) is 6.01 Å². The van der Waals surface area contributed by atoms with Gasteiger partial charge in [-0.3, -0.25) is 4.79 Å². The highest BCUT2D eigenvalue weighted by atomic mass is 16.5. The van der Waals surface area contributed by atoms with Gasteiger partial charge in [0, 0.05) is 5.56 Å². The molecule has 0 bridgehead atoms. The Balaban J connectivity index is 1.99. The largest absolute Gasteiger partial charge is 0.463 e. The topological polar surface area (TPSA) is 156 Å². The fourth-order valence-electron chi connectivity index (χ4n) is 3.35. The molecule has 0 aromatic carbocycles. The Hall–Kier alpha value is -2.86. The highest BCUT2D eigenvalue weighted by Gasteiger charge is 2.19. The quantitative estimate of drug-likeness (QED) is 0.366. The number of nitrogens with zero attached hydrogens (tertiary/aromatic N) is 3. The first-order chi connectivity index (χ1) is 14.4. The molecule has 0 radical (unpaired) electrons. The van der Waals surface area contributed by atoms with Crippen LogP contribution in [-0.2, 0) is 11.2 Å². The lowest BCUT2D eigenvalue weighted by Crippen LogP contribution is -2.45. The van der Waals surface area contributed by atoms with Crippen molar-refractivity contribution in [1.29, 1.82) is 5.26 Å². The highest BCUT2D eigenvalue weighted by molar-refractivity contribution is 5.89. The summed E-state index contributed by atoms with van der Waals surface area (Å²) in [5, 5.41) is 12.7. The number of nitriles is 1. The van der Waals surface area contributed by atoms with E-state index >= 15 is 0 Å². The third-order valence-electron chi connectivity index (χ3n) is 5.04. The van der Waals surface area contributed by atoms with Crippen LogP contribution in [0.4, 0.5) is 5.82 Å². The van der Waals surface area contributed by atoms with Crippen molar-refractivity contribution < 1.29 is 9.53 Å². The molecular formula is C21H33N7O2. The number of hydrogen-bond acceptors (Lipinski definition) is 7. The van der Waals surface area contributed by atoms with Crippen LogP contribution in [0, 0.1) is 17.2 Å². The van der Waals surface area contributed by atoms with Gasteiger partial charge in [-0.25, -0.2) is 0 Å². The van der Waals surface area contributed by atoms with Gasteiger partial charge in [0.1, 0.15) is 22.8 Å². The predicted octanol–water partition coefficient (Wildman–Crippen LogP) is 2.40. The van der Waals surface area contributed by atoms with E-state index in [-0.39, 0.29) is 29.7 Å². The molecule has 9 heteroatoms. The number of primary amides is 1. The van der Waals surface area contributed by atoms with Gasteiger partial charge in [-0.2, -0.15) is 15.2 Å². The van der Waals surface area contributed by atoms with Gasteiger partial charge in [-0.1, -0.05) is 33.6 Å². The number of amides is 1. The molecule has 1 atom stereocenters. The summed E-state index contributed by atoms with van der Waals surface area (Å²) >= 11 is 0. The van der Waals surface area contributed by atoms with Crippen molar-refractivity contribution in [2.75, 3.05) is 18.9 Å². The first-order valence-electron chi connectivity index (χ1n) is 10.6. The second kappa shape index (κ2) is 11.4. The smallest absolute Gasteiger partial charge is 0.319 e. The molecule has 0 aliphatic heterocycles. The van der Waals surface area contributed by atoms with Gasteiger partial charge in [-0.15, -0.1) is 0 Å².